The first-order valence-corrected chi connectivity index (χ1v) is 7.19. The lowest BCUT2D eigenvalue weighted by Gasteiger charge is -2.38. The minimum absolute atomic E-state index is 0.110. The topological polar surface area (TPSA) is 40.6 Å². The summed E-state index contributed by atoms with van der Waals surface area (Å²) in [4.78, 5) is 28.3. The first-order chi connectivity index (χ1) is 8.77. The summed E-state index contributed by atoms with van der Waals surface area (Å²) in [6.07, 6.45) is 1.04. The molecule has 0 saturated heterocycles. The van der Waals surface area contributed by atoms with Gasteiger partial charge in [0.25, 0.3) is 0 Å². The third-order valence-electron chi connectivity index (χ3n) is 5.49. The van der Waals surface area contributed by atoms with Gasteiger partial charge in [0.1, 0.15) is 0 Å². The van der Waals surface area contributed by atoms with E-state index in [1.165, 1.54) is 0 Å². The highest BCUT2D eigenvalue weighted by atomic mass is 16.2. The summed E-state index contributed by atoms with van der Waals surface area (Å²) < 4.78 is 0. The maximum Gasteiger partial charge on any atom is 0.226 e. The number of fused-ring (bicyclic) bond motifs is 2. The van der Waals surface area contributed by atoms with Crippen molar-refractivity contribution >= 4 is 11.8 Å². The summed E-state index contributed by atoms with van der Waals surface area (Å²) in [5, 5.41) is 0. The van der Waals surface area contributed by atoms with E-state index in [9.17, 15) is 9.59 Å². The van der Waals surface area contributed by atoms with Gasteiger partial charge in [-0.1, -0.05) is 13.8 Å². The number of carbonyl (C=O) groups excluding carboxylic acids is 2. The van der Waals surface area contributed by atoms with Crippen LogP contribution in [0.5, 0.6) is 0 Å². The summed E-state index contributed by atoms with van der Waals surface area (Å²) in [7, 11) is 7.17. The smallest absolute Gasteiger partial charge is 0.226 e. The number of carbonyl (C=O) groups is 2. The van der Waals surface area contributed by atoms with Crippen LogP contribution in [0.1, 0.15) is 20.3 Å². The Morgan fingerprint density at radius 2 is 1.11 bits per heavy atom. The molecule has 2 fully saturated rings. The highest BCUT2D eigenvalue weighted by Gasteiger charge is 2.60. The second-order valence-corrected chi connectivity index (χ2v) is 6.80. The predicted octanol–water partition coefficient (Wildman–Crippen LogP) is 1.32. The number of hydrogen-bond donors (Lipinski definition) is 0. The van der Waals surface area contributed by atoms with E-state index in [0.29, 0.717) is 23.7 Å². The van der Waals surface area contributed by atoms with Crippen molar-refractivity contribution in [1.82, 2.24) is 9.80 Å². The summed E-state index contributed by atoms with van der Waals surface area (Å²) in [6.45, 7) is 4.48. The fourth-order valence-corrected chi connectivity index (χ4v) is 4.27. The molecule has 108 valence electrons. The molecule has 0 spiro atoms. The highest BCUT2D eigenvalue weighted by Crippen LogP contribution is 2.58. The SMILES string of the molecule is CC1C(C)C2CC1C(C(=O)N(C)C)C2C(=O)N(C)C. The Kier molecular flexibility index (Phi) is 3.63. The lowest BCUT2D eigenvalue weighted by Crippen LogP contribution is -2.47. The average molecular weight is 266 g/mol. The van der Waals surface area contributed by atoms with Crippen molar-refractivity contribution in [3.05, 3.63) is 0 Å². The largest absolute Gasteiger partial charge is 0.349 e. The van der Waals surface area contributed by atoms with E-state index < -0.39 is 0 Å². The van der Waals surface area contributed by atoms with Crippen LogP contribution in [0.2, 0.25) is 0 Å². The maximum atomic E-state index is 12.5. The van der Waals surface area contributed by atoms with Crippen LogP contribution in [0.4, 0.5) is 0 Å². The number of rotatable bonds is 2. The molecule has 0 N–H and O–H groups in total. The van der Waals surface area contributed by atoms with E-state index in [2.05, 4.69) is 13.8 Å². The van der Waals surface area contributed by atoms with Crippen LogP contribution >= 0.6 is 0 Å². The van der Waals surface area contributed by atoms with Crippen LogP contribution in [0.25, 0.3) is 0 Å². The van der Waals surface area contributed by atoms with E-state index in [1.54, 1.807) is 38.0 Å². The normalized spacial score (nSPS) is 40.3. The van der Waals surface area contributed by atoms with Crippen molar-refractivity contribution in [2.24, 2.45) is 35.5 Å². The van der Waals surface area contributed by atoms with Crippen molar-refractivity contribution in [2.45, 2.75) is 20.3 Å². The van der Waals surface area contributed by atoms with Gasteiger partial charge in [-0.15, -0.1) is 0 Å². The van der Waals surface area contributed by atoms with Gasteiger partial charge in [-0.05, 0) is 30.1 Å². The Balaban J connectivity index is 2.33. The van der Waals surface area contributed by atoms with Crippen molar-refractivity contribution in [3.63, 3.8) is 0 Å². The van der Waals surface area contributed by atoms with Crippen molar-refractivity contribution in [1.29, 1.82) is 0 Å². The van der Waals surface area contributed by atoms with Gasteiger partial charge in [-0.25, -0.2) is 0 Å². The molecule has 4 heteroatoms. The number of amides is 2. The summed E-state index contributed by atoms with van der Waals surface area (Å²) in [6, 6.07) is 0. The zero-order valence-corrected chi connectivity index (χ0v) is 12.9. The van der Waals surface area contributed by atoms with Crippen molar-refractivity contribution < 1.29 is 9.59 Å². The van der Waals surface area contributed by atoms with Gasteiger partial charge in [0.15, 0.2) is 0 Å². The van der Waals surface area contributed by atoms with E-state index in [1.807, 2.05) is 0 Å². The number of nitrogens with zero attached hydrogens (tertiary/aromatic N) is 2. The first kappa shape index (κ1) is 14.4. The Morgan fingerprint density at radius 1 is 0.789 bits per heavy atom. The quantitative estimate of drug-likeness (QED) is 0.756. The molecule has 0 aromatic rings. The fraction of sp³-hybridized carbons (Fsp3) is 0.867. The summed E-state index contributed by atoms with van der Waals surface area (Å²) in [5.41, 5.74) is 0. The molecule has 2 rings (SSSR count). The van der Waals surface area contributed by atoms with Crippen LogP contribution in [0.3, 0.4) is 0 Å². The molecular weight excluding hydrogens is 240 g/mol. The van der Waals surface area contributed by atoms with Gasteiger partial charge >= 0.3 is 0 Å². The zero-order valence-electron chi connectivity index (χ0n) is 12.9. The second-order valence-electron chi connectivity index (χ2n) is 6.80. The molecule has 0 aromatic heterocycles. The second kappa shape index (κ2) is 4.80. The lowest BCUT2D eigenvalue weighted by atomic mass is 9.68. The molecule has 0 aromatic carbocycles. The van der Waals surface area contributed by atoms with E-state index >= 15 is 0 Å². The third-order valence-corrected chi connectivity index (χ3v) is 5.49. The van der Waals surface area contributed by atoms with Crippen LogP contribution in [-0.2, 0) is 9.59 Å². The molecule has 0 heterocycles. The molecule has 2 saturated carbocycles. The molecule has 6 atom stereocenters. The van der Waals surface area contributed by atoms with Crippen LogP contribution in [0.15, 0.2) is 0 Å². The Bertz CT molecular complexity index is 356. The van der Waals surface area contributed by atoms with Gasteiger partial charge in [0.2, 0.25) is 11.8 Å². The Hall–Kier alpha value is -1.06. The van der Waals surface area contributed by atoms with Gasteiger partial charge in [0.05, 0.1) is 11.8 Å². The van der Waals surface area contributed by atoms with Gasteiger partial charge < -0.3 is 9.80 Å². The van der Waals surface area contributed by atoms with Crippen molar-refractivity contribution in [3.8, 4) is 0 Å². The predicted molar refractivity (Wildman–Crippen MR) is 74.3 cm³/mol. The maximum absolute atomic E-state index is 12.5. The highest BCUT2D eigenvalue weighted by molar-refractivity contribution is 5.89. The molecule has 2 aliphatic carbocycles. The zero-order chi connectivity index (χ0) is 14.5. The summed E-state index contributed by atoms with van der Waals surface area (Å²) in [5.74, 6) is 1.89. The molecule has 19 heavy (non-hydrogen) atoms. The molecule has 4 nitrogen and oxygen atoms in total. The minimum Gasteiger partial charge on any atom is -0.349 e. The monoisotopic (exact) mass is 266 g/mol. The third kappa shape index (κ3) is 2.05. The molecule has 2 bridgehead atoms. The van der Waals surface area contributed by atoms with E-state index in [0.717, 1.165) is 6.42 Å². The average Bonchev–Trinajstić information content (AvgIpc) is 2.85. The Labute approximate surface area is 116 Å². The van der Waals surface area contributed by atoms with E-state index in [-0.39, 0.29) is 23.7 Å². The van der Waals surface area contributed by atoms with Gasteiger partial charge in [-0.2, -0.15) is 0 Å². The van der Waals surface area contributed by atoms with Crippen LogP contribution < -0.4 is 0 Å². The van der Waals surface area contributed by atoms with Gasteiger partial charge in [0, 0.05) is 28.2 Å². The fourth-order valence-electron chi connectivity index (χ4n) is 4.27. The summed E-state index contributed by atoms with van der Waals surface area (Å²) >= 11 is 0. The Morgan fingerprint density at radius 3 is 1.37 bits per heavy atom. The standard InChI is InChI=1S/C15H26N2O2/c1-8-9(2)11-7-10(8)12(14(18)16(3)4)13(11)15(19)17(5)6/h8-13H,7H2,1-6H3. The molecule has 6 unspecified atom stereocenters. The first-order valence-electron chi connectivity index (χ1n) is 7.19. The van der Waals surface area contributed by atoms with Crippen LogP contribution in [0, 0.1) is 35.5 Å². The molecule has 0 aliphatic heterocycles. The molecule has 2 amide bonds. The van der Waals surface area contributed by atoms with Crippen LogP contribution in [-0.4, -0.2) is 49.8 Å². The molecule has 2 aliphatic rings. The van der Waals surface area contributed by atoms with Crippen molar-refractivity contribution in [2.75, 3.05) is 28.2 Å². The lowest BCUT2D eigenvalue weighted by molar-refractivity contribution is -0.148. The van der Waals surface area contributed by atoms with Gasteiger partial charge in [-0.3, -0.25) is 9.59 Å². The van der Waals surface area contributed by atoms with E-state index in [4.69, 9.17) is 0 Å². The number of hydrogen-bond acceptors (Lipinski definition) is 2. The minimum atomic E-state index is -0.110. The molecule has 0 radical (unpaired) electrons. The molecular formula is C15H26N2O2.